The summed E-state index contributed by atoms with van der Waals surface area (Å²) < 4.78 is 0. The van der Waals surface area contributed by atoms with Crippen LogP contribution in [0.15, 0.2) is 36.9 Å². The Morgan fingerprint density at radius 1 is 1.32 bits per heavy atom. The zero-order valence-electron chi connectivity index (χ0n) is 13.5. The summed E-state index contributed by atoms with van der Waals surface area (Å²) in [6, 6.07) is 6.08. The average molecular weight is 342 g/mol. The maximum absolute atomic E-state index is 12.8. The van der Waals surface area contributed by atoms with Crippen LogP contribution in [-0.2, 0) is 21.5 Å². The van der Waals surface area contributed by atoms with Gasteiger partial charge in [-0.05, 0) is 24.0 Å². The summed E-state index contributed by atoms with van der Waals surface area (Å²) in [6.45, 7) is 3.12. The van der Waals surface area contributed by atoms with Crippen LogP contribution < -0.4 is 16.0 Å². The SMILES string of the molecule is C=CCNC(=O)NC(=O)CN1C(=O)N[C@]2(CCc3ccccc32)C1=O. The molecule has 1 aliphatic heterocycles. The molecule has 1 fully saturated rings. The third-order valence-electron chi connectivity index (χ3n) is 4.38. The number of aryl methyl sites for hydroxylation is 1. The zero-order chi connectivity index (χ0) is 18.0. The summed E-state index contributed by atoms with van der Waals surface area (Å²) in [7, 11) is 0. The van der Waals surface area contributed by atoms with Gasteiger partial charge in [-0.2, -0.15) is 0 Å². The van der Waals surface area contributed by atoms with Crippen LogP contribution in [0.5, 0.6) is 0 Å². The standard InChI is InChI=1S/C17H18N4O4/c1-2-9-18-15(24)19-13(22)10-21-14(23)17(20-16(21)25)8-7-11-5-3-4-6-12(11)17/h2-6H,1,7-10H2,(H,20,25)(H2,18,19,22,24)/t17-/m0/s1. The summed E-state index contributed by atoms with van der Waals surface area (Å²) in [5.74, 6) is -1.21. The van der Waals surface area contributed by atoms with Crippen molar-refractivity contribution >= 4 is 23.9 Å². The molecule has 0 aromatic heterocycles. The number of benzene rings is 1. The quantitative estimate of drug-likeness (QED) is 0.543. The van der Waals surface area contributed by atoms with Gasteiger partial charge in [0.1, 0.15) is 12.1 Å². The van der Waals surface area contributed by atoms with Gasteiger partial charge in [0.25, 0.3) is 5.91 Å². The normalized spacial score (nSPS) is 21.0. The lowest BCUT2D eigenvalue weighted by atomic mass is 9.92. The first-order valence-electron chi connectivity index (χ1n) is 7.89. The first kappa shape index (κ1) is 16.7. The minimum absolute atomic E-state index is 0.197. The van der Waals surface area contributed by atoms with Crippen LogP contribution in [0, 0.1) is 0 Å². The first-order valence-corrected chi connectivity index (χ1v) is 7.89. The first-order chi connectivity index (χ1) is 12.0. The number of urea groups is 2. The molecule has 1 heterocycles. The molecule has 3 rings (SSSR count). The second-order valence-corrected chi connectivity index (χ2v) is 5.93. The smallest absolute Gasteiger partial charge is 0.325 e. The molecular formula is C17H18N4O4. The monoisotopic (exact) mass is 342 g/mol. The fraction of sp³-hybridized carbons (Fsp3) is 0.294. The number of carbonyl (C=O) groups excluding carboxylic acids is 4. The highest BCUT2D eigenvalue weighted by Crippen LogP contribution is 2.41. The summed E-state index contributed by atoms with van der Waals surface area (Å²) in [5, 5.41) is 7.17. The van der Waals surface area contributed by atoms with E-state index in [1.165, 1.54) is 6.08 Å². The highest BCUT2D eigenvalue weighted by atomic mass is 16.2. The number of rotatable bonds is 4. The van der Waals surface area contributed by atoms with Crippen LogP contribution in [0.4, 0.5) is 9.59 Å². The predicted molar refractivity (Wildman–Crippen MR) is 88.4 cm³/mol. The Kier molecular flexibility index (Phi) is 4.26. The lowest BCUT2D eigenvalue weighted by Crippen LogP contribution is -2.47. The summed E-state index contributed by atoms with van der Waals surface area (Å²) >= 11 is 0. The fourth-order valence-electron chi connectivity index (χ4n) is 3.25. The molecule has 8 heteroatoms. The average Bonchev–Trinajstić information content (AvgIpc) is 3.07. The summed E-state index contributed by atoms with van der Waals surface area (Å²) in [6.07, 6.45) is 2.59. The number of carbonyl (C=O) groups is 4. The molecular weight excluding hydrogens is 324 g/mol. The molecule has 1 saturated heterocycles. The van der Waals surface area contributed by atoms with Crippen LogP contribution in [-0.4, -0.2) is 41.9 Å². The second-order valence-electron chi connectivity index (χ2n) is 5.93. The molecule has 2 aliphatic rings. The maximum Gasteiger partial charge on any atom is 0.325 e. The number of fused-ring (bicyclic) bond motifs is 2. The Bertz CT molecular complexity index is 776. The van der Waals surface area contributed by atoms with E-state index < -0.39 is 36.0 Å². The third-order valence-corrected chi connectivity index (χ3v) is 4.38. The Morgan fingerprint density at radius 2 is 2.08 bits per heavy atom. The van der Waals surface area contributed by atoms with E-state index in [2.05, 4.69) is 22.5 Å². The van der Waals surface area contributed by atoms with Crippen molar-refractivity contribution in [3.05, 3.63) is 48.0 Å². The van der Waals surface area contributed by atoms with E-state index in [9.17, 15) is 19.2 Å². The molecule has 8 nitrogen and oxygen atoms in total. The number of hydrogen-bond acceptors (Lipinski definition) is 4. The molecule has 1 aliphatic carbocycles. The van der Waals surface area contributed by atoms with Crippen molar-refractivity contribution < 1.29 is 19.2 Å². The van der Waals surface area contributed by atoms with Gasteiger partial charge in [0.2, 0.25) is 5.91 Å². The molecule has 3 N–H and O–H groups in total. The van der Waals surface area contributed by atoms with E-state index in [1.807, 2.05) is 24.3 Å². The Labute approximate surface area is 144 Å². The molecule has 130 valence electrons. The molecule has 0 bridgehead atoms. The predicted octanol–water partition coefficient (Wildman–Crippen LogP) is 0.392. The second kappa shape index (κ2) is 6.39. The highest BCUT2D eigenvalue weighted by Gasteiger charge is 2.55. The Morgan fingerprint density at radius 3 is 2.84 bits per heavy atom. The van der Waals surface area contributed by atoms with Crippen LogP contribution in [0.2, 0.25) is 0 Å². The lowest BCUT2D eigenvalue weighted by molar-refractivity contribution is -0.135. The van der Waals surface area contributed by atoms with Crippen molar-refractivity contribution in [2.45, 2.75) is 18.4 Å². The molecule has 1 atom stereocenters. The fourth-order valence-corrected chi connectivity index (χ4v) is 3.25. The number of nitrogens with zero attached hydrogens (tertiary/aromatic N) is 1. The summed E-state index contributed by atoms with van der Waals surface area (Å²) in [5.41, 5.74) is 0.658. The molecule has 0 radical (unpaired) electrons. The number of amides is 6. The van der Waals surface area contributed by atoms with Gasteiger partial charge in [0.15, 0.2) is 0 Å². The molecule has 0 saturated carbocycles. The molecule has 1 aromatic rings. The van der Waals surface area contributed by atoms with Crippen molar-refractivity contribution in [2.24, 2.45) is 0 Å². The molecule has 25 heavy (non-hydrogen) atoms. The molecule has 6 amide bonds. The van der Waals surface area contributed by atoms with Gasteiger partial charge in [-0.25, -0.2) is 9.59 Å². The van der Waals surface area contributed by atoms with Gasteiger partial charge in [-0.1, -0.05) is 30.3 Å². The van der Waals surface area contributed by atoms with Gasteiger partial charge in [-0.3, -0.25) is 19.8 Å². The third kappa shape index (κ3) is 2.86. The van der Waals surface area contributed by atoms with Crippen molar-refractivity contribution in [3.63, 3.8) is 0 Å². The van der Waals surface area contributed by atoms with E-state index in [4.69, 9.17) is 0 Å². The van der Waals surface area contributed by atoms with Crippen LogP contribution in [0.3, 0.4) is 0 Å². The van der Waals surface area contributed by atoms with E-state index in [-0.39, 0.29) is 6.54 Å². The Hall–Kier alpha value is -3.16. The van der Waals surface area contributed by atoms with Crippen molar-refractivity contribution in [2.75, 3.05) is 13.1 Å². The van der Waals surface area contributed by atoms with Gasteiger partial charge in [0, 0.05) is 6.54 Å². The van der Waals surface area contributed by atoms with Crippen molar-refractivity contribution in [1.29, 1.82) is 0 Å². The topological polar surface area (TPSA) is 108 Å². The molecule has 0 unspecified atom stereocenters. The largest absolute Gasteiger partial charge is 0.334 e. The zero-order valence-corrected chi connectivity index (χ0v) is 13.5. The van der Waals surface area contributed by atoms with E-state index >= 15 is 0 Å². The van der Waals surface area contributed by atoms with Gasteiger partial charge < -0.3 is 10.6 Å². The highest BCUT2D eigenvalue weighted by molar-refractivity contribution is 6.10. The van der Waals surface area contributed by atoms with Gasteiger partial charge in [-0.15, -0.1) is 6.58 Å². The van der Waals surface area contributed by atoms with Gasteiger partial charge in [0.05, 0.1) is 0 Å². The number of nitrogens with one attached hydrogen (secondary N) is 3. The number of hydrogen-bond donors (Lipinski definition) is 3. The minimum atomic E-state index is -1.11. The van der Waals surface area contributed by atoms with E-state index in [1.54, 1.807) is 0 Å². The summed E-state index contributed by atoms with van der Waals surface area (Å²) in [4.78, 5) is 49.3. The van der Waals surface area contributed by atoms with Crippen molar-refractivity contribution in [3.8, 4) is 0 Å². The van der Waals surface area contributed by atoms with E-state index in [0.29, 0.717) is 12.8 Å². The molecule has 1 spiro atoms. The lowest BCUT2D eigenvalue weighted by Gasteiger charge is -2.22. The minimum Gasteiger partial charge on any atom is -0.334 e. The van der Waals surface area contributed by atoms with Crippen LogP contribution in [0.1, 0.15) is 17.5 Å². The molecule has 1 aromatic carbocycles. The maximum atomic E-state index is 12.8. The van der Waals surface area contributed by atoms with Crippen LogP contribution in [0.25, 0.3) is 0 Å². The number of imide groups is 2. The van der Waals surface area contributed by atoms with Crippen molar-refractivity contribution in [1.82, 2.24) is 20.9 Å². The van der Waals surface area contributed by atoms with Crippen LogP contribution >= 0.6 is 0 Å². The van der Waals surface area contributed by atoms with E-state index in [0.717, 1.165) is 16.0 Å². The van der Waals surface area contributed by atoms with Gasteiger partial charge >= 0.3 is 12.1 Å². The Balaban J connectivity index is 1.72.